The zero-order valence-corrected chi connectivity index (χ0v) is 10.9. The molecule has 1 aromatic carbocycles. The Hall–Kier alpha value is -1.15. The van der Waals surface area contributed by atoms with Crippen LogP contribution in [0.5, 0.6) is 0 Å². The molecule has 0 fully saturated rings. The van der Waals surface area contributed by atoms with Gasteiger partial charge < -0.3 is 5.32 Å². The molecule has 1 aromatic rings. The van der Waals surface area contributed by atoms with Crippen molar-refractivity contribution in [2.45, 2.75) is 33.1 Å². The second-order valence-corrected chi connectivity index (χ2v) is 4.44. The average Bonchev–Trinajstić information content (AvgIpc) is 2.40. The summed E-state index contributed by atoms with van der Waals surface area (Å²) in [4.78, 5) is 11.8. The van der Waals surface area contributed by atoms with E-state index in [4.69, 9.17) is 0 Å². The number of benzene rings is 1. The first kappa shape index (κ1) is 13.9. The first-order chi connectivity index (χ1) is 8.27. The van der Waals surface area contributed by atoms with Gasteiger partial charge in [0.25, 0.3) is 0 Å². The van der Waals surface area contributed by atoms with Crippen LogP contribution in [-0.2, 0) is 0 Å². The average molecular weight is 233 g/mol. The lowest BCUT2D eigenvalue weighted by molar-refractivity contribution is 0.0990. The third-order valence-electron chi connectivity index (χ3n) is 3.27. The van der Waals surface area contributed by atoms with Crippen LogP contribution in [0.3, 0.4) is 0 Å². The summed E-state index contributed by atoms with van der Waals surface area (Å²) in [6.45, 7) is 5.83. The summed E-state index contributed by atoms with van der Waals surface area (Å²) >= 11 is 0. The number of nitrogens with one attached hydrogen (secondary N) is 1. The van der Waals surface area contributed by atoms with Crippen LogP contribution in [0, 0.1) is 5.92 Å². The maximum absolute atomic E-state index is 11.8. The first-order valence-electron chi connectivity index (χ1n) is 6.56. The summed E-state index contributed by atoms with van der Waals surface area (Å²) in [5.41, 5.74) is 0.794. The zero-order chi connectivity index (χ0) is 12.5. The van der Waals surface area contributed by atoms with Crippen molar-refractivity contribution in [3.8, 4) is 0 Å². The van der Waals surface area contributed by atoms with E-state index in [0.717, 1.165) is 24.4 Å². The van der Waals surface area contributed by atoms with E-state index in [1.54, 1.807) is 0 Å². The number of Topliss-reactive ketones (excluding diaryl/α,β-unsaturated/α-hetero) is 1. The minimum absolute atomic E-state index is 0.176. The van der Waals surface area contributed by atoms with Crippen LogP contribution in [0.15, 0.2) is 30.3 Å². The summed E-state index contributed by atoms with van der Waals surface area (Å²) in [5, 5.41) is 3.23. The molecule has 0 atom stereocenters. The molecule has 0 aromatic heterocycles. The van der Waals surface area contributed by atoms with Crippen LogP contribution in [0.4, 0.5) is 0 Å². The molecular weight excluding hydrogens is 210 g/mol. The van der Waals surface area contributed by atoms with E-state index in [-0.39, 0.29) is 5.78 Å². The standard InChI is InChI=1S/C15H23NO/c1-3-13(4-2)10-11-16-12-15(17)14-8-6-5-7-9-14/h5-9,13,16H,3-4,10-12H2,1-2H3. The van der Waals surface area contributed by atoms with Crippen LogP contribution < -0.4 is 5.32 Å². The Labute approximate surface area is 104 Å². The third kappa shape index (κ3) is 5.14. The van der Waals surface area contributed by atoms with E-state index in [2.05, 4.69) is 19.2 Å². The Morgan fingerprint density at radius 2 is 1.82 bits per heavy atom. The van der Waals surface area contributed by atoms with Crippen LogP contribution in [0.1, 0.15) is 43.5 Å². The number of hydrogen-bond donors (Lipinski definition) is 1. The molecule has 1 rings (SSSR count). The maximum atomic E-state index is 11.8. The smallest absolute Gasteiger partial charge is 0.176 e. The Morgan fingerprint density at radius 1 is 1.18 bits per heavy atom. The van der Waals surface area contributed by atoms with Crippen molar-refractivity contribution in [2.75, 3.05) is 13.1 Å². The van der Waals surface area contributed by atoms with Crippen molar-refractivity contribution in [1.82, 2.24) is 5.32 Å². The minimum atomic E-state index is 0.176. The van der Waals surface area contributed by atoms with Crippen LogP contribution in [0.2, 0.25) is 0 Å². The Morgan fingerprint density at radius 3 is 2.41 bits per heavy atom. The molecule has 17 heavy (non-hydrogen) atoms. The largest absolute Gasteiger partial charge is 0.310 e. The SMILES string of the molecule is CCC(CC)CCNCC(=O)c1ccccc1. The van der Waals surface area contributed by atoms with Crippen molar-refractivity contribution in [3.05, 3.63) is 35.9 Å². The highest BCUT2D eigenvalue weighted by Gasteiger charge is 2.05. The predicted octanol–water partition coefficient (Wildman–Crippen LogP) is 3.29. The van der Waals surface area contributed by atoms with Gasteiger partial charge in [-0.15, -0.1) is 0 Å². The number of carbonyl (C=O) groups is 1. The highest BCUT2D eigenvalue weighted by Crippen LogP contribution is 2.10. The van der Waals surface area contributed by atoms with Crippen molar-refractivity contribution >= 4 is 5.78 Å². The van der Waals surface area contributed by atoms with E-state index in [1.165, 1.54) is 12.8 Å². The van der Waals surface area contributed by atoms with Crippen LogP contribution in [0.25, 0.3) is 0 Å². The molecule has 0 aliphatic rings. The van der Waals surface area contributed by atoms with Gasteiger partial charge in [-0.1, -0.05) is 57.0 Å². The Balaban J connectivity index is 2.21. The van der Waals surface area contributed by atoms with E-state index in [1.807, 2.05) is 30.3 Å². The molecule has 94 valence electrons. The van der Waals surface area contributed by atoms with Crippen LogP contribution >= 0.6 is 0 Å². The van der Waals surface area contributed by atoms with E-state index in [0.29, 0.717) is 6.54 Å². The van der Waals surface area contributed by atoms with Crippen molar-refractivity contribution < 1.29 is 4.79 Å². The summed E-state index contributed by atoms with van der Waals surface area (Å²) in [6, 6.07) is 9.46. The second kappa shape index (κ2) is 8.02. The second-order valence-electron chi connectivity index (χ2n) is 4.44. The van der Waals surface area contributed by atoms with E-state index < -0.39 is 0 Å². The molecule has 2 nitrogen and oxygen atoms in total. The molecule has 0 unspecified atom stereocenters. The molecule has 0 bridgehead atoms. The third-order valence-corrected chi connectivity index (χ3v) is 3.27. The molecule has 0 saturated heterocycles. The predicted molar refractivity (Wildman–Crippen MR) is 72.3 cm³/mol. The Bertz CT molecular complexity index is 317. The molecule has 0 amide bonds. The lowest BCUT2D eigenvalue weighted by Crippen LogP contribution is -2.25. The van der Waals surface area contributed by atoms with Gasteiger partial charge in [0.2, 0.25) is 0 Å². The van der Waals surface area contributed by atoms with Gasteiger partial charge in [0, 0.05) is 5.56 Å². The fourth-order valence-corrected chi connectivity index (χ4v) is 1.93. The quantitative estimate of drug-likeness (QED) is 0.551. The molecule has 2 heteroatoms. The summed E-state index contributed by atoms with van der Waals surface area (Å²) in [6.07, 6.45) is 3.62. The number of ketones is 1. The number of carbonyl (C=O) groups excluding carboxylic acids is 1. The fourth-order valence-electron chi connectivity index (χ4n) is 1.93. The fraction of sp³-hybridized carbons (Fsp3) is 0.533. The highest BCUT2D eigenvalue weighted by molar-refractivity contribution is 5.97. The van der Waals surface area contributed by atoms with Gasteiger partial charge in [0.05, 0.1) is 6.54 Å². The van der Waals surface area contributed by atoms with Crippen molar-refractivity contribution in [2.24, 2.45) is 5.92 Å². The topological polar surface area (TPSA) is 29.1 Å². The molecule has 1 N–H and O–H groups in total. The maximum Gasteiger partial charge on any atom is 0.176 e. The van der Waals surface area contributed by atoms with Crippen LogP contribution in [-0.4, -0.2) is 18.9 Å². The highest BCUT2D eigenvalue weighted by atomic mass is 16.1. The van der Waals surface area contributed by atoms with Gasteiger partial charge in [-0.3, -0.25) is 4.79 Å². The van der Waals surface area contributed by atoms with E-state index >= 15 is 0 Å². The molecule has 0 spiro atoms. The Kier molecular flexibility index (Phi) is 6.56. The lowest BCUT2D eigenvalue weighted by Gasteiger charge is -2.12. The molecule has 0 aliphatic carbocycles. The normalized spacial score (nSPS) is 10.8. The molecular formula is C15H23NO. The van der Waals surface area contributed by atoms with Gasteiger partial charge in [-0.05, 0) is 18.9 Å². The van der Waals surface area contributed by atoms with Gasteiger partial charge in [-0.25, -0.2) is 0 Å². The van der Waals surface area contributed by atoms with Gasteiger partial charge in [-0.2, -0.15) is 0 Å². The lowest BCUT2D eigenvalue weighted by atomic mass is 10.00. The molecule has 0 radical (unpaired) electrons. The monoisotopic (exact) mass is 233 g/mol. The van der Waals surface area contributed by atoms with Crippen molar-refractivity contribution in [1.29, 1.82) is 0 Å². The molecule has 0 aliphatic heterocycles. The summed E-state index contributed by atoms with van der Waals surface area (Å²) in [7, 11) is 0. The van der Waals surface area contributed by atoms with Gasteiger partial charge in [0.1, 0.15) is 0 Å². The first-order valence-corrected chi connectivity index (χ1v) is 6.56. The zero-order valence-electron chi connectivity index (χ0n) is 10.9. The van der Waals surface area contributed by atoms with E-state index in [9.17, 15) is 4.79 Å². The van der Waals surface area contributed by atoms with Gasteiger partial charge >= 0.3 is 0 Å². The summed E-state index contributed by atoms with van der Waals surface area (Å²) in [5.74, 6) is 0.962. The van der Waals surface area contributed by atoms with Gasteiger partial charge in [0.15, 0.2) is 5.78 Å². The molecule has 0 saturated carbocycles. The number of hydrogen-bond acceptors (Lipinski definition) is 2. The van der Waals surface area contributed by atoms with Crippen molar-refractivity contribution in [3.63, 3.8) is 0 Å². The minimum Gasteiger partial charge on any atom is -0.310 e. The molecule has 0 heterocycles. The number of rotatable bonds is 8. The summed E-state index contributed by atoms with van der Waals surface area (Å²) < 4.78 is 0.